The van der Waals surface area contributed by atoms with E-state index in [9.17, 15) is 8.42 Å². The Morgan fingerprint density at radius 1 is 0.833 bits per heavy atom. The summed E-state index contributed by atoms with van der Waals surface area (Å²) in [4.78, 5) is 2.59. The van der Waals surface area contributed by atoms with E-state index in [0.29, 0.717) is 18.0 Å². The minimum absolute atomic E-state index is 0.112. The first-order valence-corrected chi connectivity index (χ1v) is 12.1. The number of likely N-dealkylation sites (N-methyl/N-ethyl adjacent to an activating group) is 1. The maximum Gasteiger partial charge on any atom is 0.243 e. The molecule has 1 aliphatic carbocycles. The summed E-state index contributed by atoms with van der Waals surface area (Å²) in [7, 11) is 0.513. The molecular formula is C25H30N2O2S. The van der Waals surface area contributed by atoms with Gasteiger partial charge in [0.25, 0.3) is 0 Å². The van der Waals surface area contributed by atoms with E-state index in [2.05, 4.69) is 19.0 Å². The molecule has 0 spiro atoms. The van der Waals surface area contributed by atoms with Crippen LogP contribution in [-0.4, -0.2) is 43.8 Å². The second-order valence-electron chi connectivity index (χ2n) is 8.59. The van der Waals surface area contributed by atoms with Crippen molar-refractivity contribution >= 4 is 20.8 Å². The van der Waals surface area contributed by atoms with Gasteiger partial charge in [-0.2, -0.15) is 4.31 Å². The molecule has 1 fully saturated rings. The summed E-state index contributed by atoms with van der Waals surface area (Å²) in [5.74, 6) is 0. The minimum Gasteiger partial charge on any atom is -0.302 e. The van der Waals surface area contributed by atoms with Crippen LogP contribution in [0.25, 0.3) is 10.8 Å². The molecule has 1 aliphatic rings. The van der Waals surface area contributed by atoms with Crippen LogP contribution >= 0.6 is 0 Å². The molecule has 3 aromatic carbocycles. The van der Waals surface area contributed by atoms with Crippen molar-refractivity contribution in [1.82, 2.24) is 9.21 Å². The highest BCUT2D eigenvalue weighted by molar-refractivity contribution is 7.89. The third kappa shape index (κ3) is 4.15. The summed E-state index contributed by atoms with van der Waals surface area (Å²) in [5, 5.41) is 1.99. The normalized spacial score (nSPS) is 16.5. The van der Waals surface area contributed by atoms with Crippen LogP contribution in [0.1, 0.15) is 31.2 Å². The standard InChI is InChI=1S/C25H30N2O2S/c1-26(2)25(16-8-9-17-25)20-27(19-21-10-4-3-5-11-21)30(28,29)24-15-14-22-12-6-7-13-23(22)18-24/h3-7,10-15,18H,8-9,16-17,19-20H2,1-2H3. The largest absolute Gasteiger partial charge is 0.302 e. The zero-order valence-corrected chi connectivity index (χ0v) is 18.6. The molecule has 0 aliphatic heterocycles. The topological polar surface area (TPSA) is 40.6 Å². The summed E-state index contributed by atoms with van der Waals surface area (Å²) in [6, 6.07) is 23.2. The van der Waals surface area contributed by atoms with Gasteiger partial charge in [-0.3, -0.25) is 0 Å². The highest BCUT2D eigenvalue weighted by Crippen LogP contribution is 2.36. The highest BCUT2D eigenvalue weighted by Gasteiger charge is 2.40. The average Bonchev–Trinajstić information content (AvgIpc) is 3.24. The fourth-order valence-corrected chi connectivity index (χ4v) is 6.14. The predicted octanol–water partition coefficient (Wildman–Crippen LogP) is 4.91. The summed E-state index contributed by atoms with van der Waals surface area (Å²) in [6.45, 7) is 0.885. The Labute approximate surface area is 180 Å². The van der Waals surface area contributed by atoms with Gasteiger partial charge in [-0.25, -0.2) is 8.42 Å². The molecular weight excluding hydrogens is 392 g/mol. The van der Waals surface area contributed by atoms with Gasteiger partial charge >= 0.3 is 0 Å². The van der Waals surface area contributed by atoms with Crippen molar-refractivity contribution in [3.05, 3.63) is 78.4 Å². The van der Waals surface area contributed by atoms with Crippen molar-refractivity contribution < 1.29 is 8.42 Å². The number of rotatable bonds is 7. The fraction of sp³-hybridized carbons (Fsp3) is 0.360. The quantitative estimate of drug-likeness (QED) is 0.543. The Morgan fingerprint density at radius 2 is 1.47 bits per heavy atom. The lowest BCUT2D eigenvalue weighted by atomic mass is 9.96. The van der Waals surface area contributed by atoms with Gasteiger partial charge in [-0.15, -0.1) is 0 Å². The van der Waals surface area contributed by atoms with Crippen LogP contribution in [0, 0.1) is 0 Å². The van der Waals surface area contributed by atoms with E-state index in [-0.39, 0.29) is 5.54 Å². The maximum absolute atomic E-state index is 13.8. The third-order valence-electron chi connectivity index (χ3n) is 6.51. The van der Waals surface area contributed by atoms with Crippen molar-refractivity contribution in [2.75, 3.05) is 20.6 Å². The molecule has 3 aromatic rings. The molecule has 0 bridgehead atoms. The fourth-order valence-electron chi connectivity index (χ4n) is 4.60. The minimum atomic E-state index is -3.64. The molecule has 0 N–H and O–H groups in total. The molecule has 0 atom stereocenters. The van der Waals surface area contributed by atoms with E-state index < -0.39 is 10.0 Å². The van der Waals surface area contributed by atoms with E-state index >= 15 is 0 Å². The Kier molecular flexibility index (Phi) is 5.96. The van der Waals surface area contributed by atoms with Crippen LogP contribution < -0.4 is 0 Å². The summed E-state index contributed by atoms with van der Waals surface area (Å²) in [6.07, 6.45) is 4.35. The van der Waals surface area contributed by atoms with E-state index in [4.69, 9.17) is 0 Å². The van der Waals surface area contributed by atoms with Gasteiger partial charge in [0.1, 0.15) is 0 Å². The molecule has 0 aromatic heterocycles. The van der Waals surface area contributed by atoms with Crippen molar-refractivity contribution in [2.24, 2.45) is 0 Å². The van der Waals surface area contributed by atoms with Gasteiger partial charge in [-0.05, 0) is 55.4 Å². The molecule has 0 unspecified atom stereocenters. The second-order valence-corrected chi connectivity index (χ2v) is 10.5. The van der Waals surface area contributed by atoms with Crippen molar-refractivity contribution in [3.8, 4) is 0 Å². The molecule has 1 saturated carbocycles. The van der Waals surface area contributed by atoms with E-state index in [1.54, 1.807) is 16.4 Å². The van der Waals surface area contributed by atoms with Crippen molar-refractivity contribution in [1.29, 1.82) is 0 Å². The van der Waals surface area contributed by atoms with E-state index in [1.807, 2.05) is 60.7 Å². The van der Waals surface area contributed by atoms with Gasteiger partial charge in [0.15, 0.2) is 0 Å². The van der Waals surface area contributed by atoms with E-state index in [0.717, 1.165) is 42.0 Å². The summed E-state index contributed by atoms with van der Waals surface area (Å²) >= 11 is 0. The number of nitrogens with zero attached hydrogens (tertiary/aromatic N) is 2. The molecule has 30 heavy (non-hydrogen) atoms. The molecule has 0 amide bonds. The first-order chi connectivity index (χ1) is 14.4. The smallest absolute Gasteiger partial charge is 0.243 e. The van der Waals surface area contributed by atoms with Crippen LogP contribution in [0.2, 0.25) is 0 Å². The average molecular weight is 423 g/mol. The van der Waals surface area contributed by atoms with Gasteiger partial charge in [0.2, 0.25) is 10.0 Å². The molecule has 5 heteroatoms. The highest BCUT2D eigenvalue weighted by atomic mass is 32.2. The Hall–Kier alpha value is -2.21. The first-order valence-electron chi connectivity index (χ1n) is 10.6. The maximum atomic E-state index is 13.8. The van der Waals surface area contributed by atoms with Crippen molar-refractivity contribution in [2.45, 2.75) is 42.7 Å². The first kappa shape index (κ1) is 21.0. The van der Waals surface area contributed by atoms with Crippen molar-refractivity contribution in [3.63, 3.8) is 0 Å². The van der Waals surface area contributed by atoms with Crippen LogP contribution in [0.5, 0.6) is 0 Å². The van der Waals surface area contributed by atoms with Gasteiger partial charge < -0.3 is 4.90 Å². The number of sulfonamides is 1. The lowest BCUT2D eigenvalue weighted by Crippen LogP contribution is -2.52. The van der Waals surface area contributed by atoms with Crippen LogP contribution in [-0.2, 0) is 16.6 Å². The summed E-state index contributed by atoms with van der Waals surface area (Å²) < 4.78 is 29.4. The van der Waals surface area contributed by atoms with Gasteiger partial charge in [0, 0.05) is 18.6 Å². The van der Waals surface area contributed by atoms with Crippen LogP contribution in [0.3, 0.4) is 0 Å². The number of hydrogen-bond donors (Lipinski definition) is 0. The summed E-state index contributed by atoms with van der Waals surface area (Å²) in [5.41, 5.74) is 0.896. The molecule has 0 radical (unpaired) electrons. The lowest BCUT2D eigenvalue weighted by molar-refractivity contribution is 0.124. The molecule has 4 nitrogen and oxygen atoms in total. The predicted molar refractivity (Wildman–Crippen MR) is 123 cm³/mol. The Morgan fingerprint density at radius 3 is 2.13 bits per heavy atom. The SMILES string of the molecule is CN(C)C1(CN(Cc2ccccc2)S(=O)(=O)c2ccc3ccccc3c2)CCCC1. The van der Waals surface area contributed by atoms with Crippen LogP contribution in [0.4, 0.5) is 0 Å². The molecule has 4 rings (SSSR count). The second kappa shape index (κ2) is 8.50. The van der Waals surface area contributed by atoms with E-state index in [1.165, 1.54) is 0 Å². The Bertz CT molecular complexity index is 1100. The third-order valence-corrected chi connectivity index (χ3v) is 8.30. The number of fused-ring (bicyclic) bond motifs is 1. The number of hydrogen-bond acceptors (Lipinski definition) is 3. The number of benzene rings is 3. The monoisotopic (exact) mass is 422 g/mol. The molecule has 0 saturated heterocycles. The molecule has 0 heterocycles. The Balaban J connectivity index is 1.74. The lowest BCUT2D eigenvalue weighted by Gasteiger charge is -2.40. The van der Waals surface area contributed by atoms with Gasteiger partial charge in [0.05, 0.1) is 4.90 Å². The zero-order chi connectivity index (χ0) is 21.2. The zero-order valence-electron chi connectivity index (χ0n) is 17.8. The van der Waals surface area contributed by atoms with Crippen LogP contribution in [0.15, 0.2) is 77.7 Å². The van der Waals surface area contributed by atoms with Gasteiger partial charge in [-0.1, -0.05) is 73.5 Å². The molecule has 158 valence electrons.